The second-order valence-electron chi connectivity index (χ2n) is 5.60. The summed E-state index contributed by atoms with van der Waals surface area (Å²) in [5.41, 5.74) is 0.807. The minimum absolute atomic E-state index is 0.0791. The first-order valence-electron chi connectivity index (χ1n) is 7.54. The van der Waals surface area contributed by atoms with Crippen molar-refractivity contribution in [2.24, 2.45) is 0 Å². The third kappa shape index (κ3) is 3.23. The molecular weight excluding hydrogens is 350 g/mol. The zero-order chi connectivity index (χ0) is 17.3. The number of nitrogens with zero attached hydrogens (tertiary/aromatic N) is 5. The molecule has 2 heterocycles. The molecule has 0 spiro atoms. The number of anilines is 1. The van der Waals surface area contributed by atoms with Crippen LogP contribution in [0.3, 0.4) is 0 Å². The molecular formula is C15H16ClN5O2S. The second kappa shape index (κ2) is 6.42. The van der Waals surface area contributed by atoms with Crippen molar-refractivity contribution in [2.75, 3.05) is 23.0 Å². The molecule has 3 rings (SSSR count). The number of hydrogen-bond acceptors (Lipinski definition) is 6. The number of aromatic nitrogens is 3. The van der Waals surface area contributed by atoms with Gasteiger partial charge in [0, 0.05) is 17.6 Å². The molecule has 0 aliphatic carbocycles. The first kappa shape index (κ1) is 16.7. The highest BCUT2D eigenvalue weighted by Crippen LogP contribution is 2.25. The van der Waals surface area contributed by atoms with Crippen molar-refractivity contribution in [3.05, 3.63) is 35.0 Å². The van der Waals surface area contributed by atoms with Gasteiger partial charge in [0.15, 0.2) is 15.7 Å². The van der Waals surface area contributed by atoms with E-state index in [-0.39, 0.29) is 23.2 Å². The molecule has 1 aliphatic heterocycles. The Hall–Kier alpha value is -2.11. The van der Waals surface area contributed by atoms with E-state index in [0.717, 1.165) is 0 Å². The van der Waals surface area contributed by atoms with Crippen molar-refractivity contribution >= 4 is 27.3 Å². The molecule has 1 fully saturated rings. The molecule has 1 aliphatic rings. The van der Waals surface area contributed by atoms with Gasteiger partial charge in [-0.3, -0.25) is 0 Å². The van der Waals surface area contributed by atoms with Crippen LogP contribution in [-0.2, 0) is 9.84 Å². The van der Waals surface area contributed by atoms with E-state index < -0.39 is 9.84 Å². The summed E-state index contributed by atoms with van der Waals surface area (Å²) in [6.45, 7) is 2.45. The van der Waals surface area contributed by atoms with Gasteiger partial charge >= 0.3 is 0 Å². The summed E-state index contributed by atoms with van der Waals surface area (Å²) >= 11 is 5.99. The van der Waals surface area contributed by atoms with E-state index in [1.165, 1.54) is 4.80 Å². The standard InChI is InChI=1S/C15H16ClN5O2S/c1-2-20(13-6-7-24(22,23)10-13)15-14(9-17)18-21(19-15)12-5-3-4-11(16)8-12/h3-5,8,13H,2,6-7,10H2,1H3. The first-order chi connectivity index (χ1) is 11.4. The average molecular weight is 366 g/mol. The van der Waals surface area contributed by atoms with Crippen LogP contribution in [0, 0.1) is 11.3 Å². The van der Waals surface area contributed by atoms with E-state index in [4.69, 9.17) is 11.6 Å². The van der Waals surface area contributed by atoms with Gasteiger partial charge in [-0.2, -0.15) is 5.26 Å². The highest BCUT2D eigenvalue weighted by atomic mass is 35.5. The molecule has 1 saturated heterocycles. The number of nitriles is 1. The van der Waals surface area contributed by atoms with Crippen LogP contribution < -0.4 is 4.90 Å². The Morgan fingerprint density at radius 3 is 2.83 bits per heavy atom. The number of hydrogen-bond donors (Lipinski definition) is 0. The Bertz CT molecular complexity index is 903. The van der Waals surface area contributed by atoms with Gasteiger partial charge in [0.1, 0.15) is 6.07 Å². The van der Waals surface area contributed by atoms with Gasteiger partial charge in [-0.15, -0.1) is 15.0 Å². The Kier molecular flexibility index (Phi) is 4.47. The Balaban J connectivity index is 1.99. The van der Waals surface area contributed by atoms with Crippen LogP contribution in [0.2, 0.25) is 5.02 Å². The lowest BCUT2D eigenvalue weighted by molar-refractivity contribution is 0.599. The second-order valence-corrected chi connectivity index (χ2v) is 8.26. The molecule has 1 unspecified atom stereocenters. The highest BCUT2D eigenvalue weighted by Gasteiger charge is 2.34. The molecule has 2 aromatic rings. The third-order valence-electron chi connectivity index (χ3n) is 4.00. The molecule has 126 valence electrons. The van der Waals surface area contributed by atoms with E-state index in [2.05, 4.69) is 10.2 Å². The summed E-state index contributed by atoms with van der Waals surface area (Å²) in [5, 5.41) is 18.5. The normalized spacial score (nSPS) is 19.1. The van der Waals surface area contributed by atoms with Gasteiger partial charge in [-0.25, -0.2) is 8.42 Å². The summed E-state index contributed by atoms with van der Waals surface area (Å²) < 4.78 is 23.5. The Morgan fingerprint density at radius 2 is 2.25 bits per heavy atom. The summed E-state index contributed by atoms with van der Waals surface area (Å²) in [4.78, 5) is 3.20. The molecule has 0 N–H and O–H groups in total. The van der Waals surface area contributed by atoms with Crippen LogP contribution in [0.15, 0.2) is 24.3 Å². The van der Waals surface area contributed by atoms with Crippen LogP contribution in [0.4, 0.5) is 5.82 Å². The van der Waals surface area contributed by atoms with Crippen LogP contribution in [0.1, 0.15) is 19.0 Å². The summed E-state index contributed by atoms with van der Waals surface area (Å²) in [6, 6.07) is 8.85. The van der Waals surface area contributed by atoms with E-state index in [1.54, 1.807) is 24.3 Å². The maximum atomic E-state index is 11.8. The lowest BCUT2D eigenvalue weighted by Gasteiger charge is -2.26. The molecule has 1 aromatic heterocycles. The molecule has 24 heavy (non-hydrogen) atoms. The number of benzene rings is 1. The Labute approximate surface area is 145 Å². The zero-order valence-electron chi connectivity index (χ0n) is 13.1. The van der Waals surface area contributed by atoms with Gasteiger partial charge in [0.2, 0.25) is 5.69 Å². The number of rotatable bonds is 4. The van der Waals surface area contributed by atoms with Gasteiger partial charge < -0.3 is 4.90 Å². The Morgan fingerprint density at radius 1 is 1.46 bits per heavy atom. The zero-order valence-corrected chi connectivity index (χ0v) is 14.6. The molecule has 0 saturated carbocycles. The molecule has 7 nitrogen and oxygen atoms in total. The predicted octanol–water partition coefficient (Wildman–Crippen LogP) is 1.81. The summed E-state index contributed by atoms with van der Waals surface area (Å²) in [5.74, 6) is 0.649. The largest absolute Gasteiger partial charge is 0.349 e. The van der Waals surface area contributed by atoms with Crippen molar-refractivity contribution in [2.45, 2.75) is 19.4 Å². The highest BCUT2D eigenvalue weighted by molar-refractivity contribution is 7.91. The van der Waals surface area contributed by atoms with Crippen LogP contribution in [0.5, 0.6) is 0 Å². The van der Waals surface area contributed by atoms with Gasteiger partial charge in [-0.1, -0.05) is 17.7 Å². The summed E-state index contributed by atoms with van der Waals surface area (Å²) in [6.07, 6.45) is 0.533. The fourth-order valence-electron chi connectivity index (χ4n) is 2.88. The van der Waals surface area contributed by atoms with E-state index in [1.807, 2.05) is 17.9 Å². The number of halogens is 1. The minimum Gasteiger partial charge on any atom is -0.349 e. The van der Waals surface area contributed by atoms with Crippen molar-refractivity contribution < 1.29 is 8.42 Å². The minimum atomic E-state index is -3.03. The van der Waals surface area contributed by atoms with Gasteiger partial charge in [0.05, 0.1) is 17.2 Å². The lowest BCUT2D eigenvalue weighted by atomic mass is 10.2. The smallest absolute Gasteiger partial charge is 0.207 e. The third-order valence-corrected chi connectivity index (χ3v) is 5.99. The first-order valence-corrected chi connectivity index (χ1v) is 9.74. The molecule has 1 aromatic carbocycles. The van der Waals surface area contributed by atoms with Crippen molar-refractivity contribution in [1.82, 2.24) is 15.0 Å². The maximum Gasteiger partial charge on any atom is 0.207 e. The predicted molar refractivity (Wildman–Crippen MR) is 91.2 cm³/mol. The summed E-state index contributed by atoms with van der Waals surface area (Å²) in [7, 11) is -3.03. The number of sulfone groups is 1. The monoisotopic (exact) mass is 365 g/mol. The van der Waals surface area contributed by atoms with E-state index in [0.29, 0.717) is 29.5 Å². The quantitative estimate of drug-likeness (QED) is 0.820. The molecule has 9 heteroatoms. The van der Waals surface area contributed by atoms with Crippen LogP contribution in [0.25, 0.3) is 5.69 Å². The molecule has 0 amide bonds. The van der Waals surface area contributed by atoms with E-state index in [9.17, 15) is 13.7 Å². The van der Waals surface area contributed by atoms with Crippen molar-refractivity contribution in [3.8, 4) is 11.8 Å². The fourth-order valence-corrected chi connectivity index (χ4v) is 4.80. The van der Waals surface area contributed by atoms with Gasteiger partial charge in [0.25, 0.3) is 0 Å². The maximum absolute atomic E-state index is 11.8. The fraction of sp³-hybridized carbons (Fsp3) is 0.400. The van der Waals surface area contributed by atoms with E-state index >= 15 is 0 Å². The molecule has 0 radical (unpaired) electrons. The van der Waals surface area contributed by atoms with Crippen molar-refractivity contribution in [3.63, 3.8) is 0 Å². The van der Waals surface area contributed by atoms with Crippen molar-refractivity contribution in [1.29, 1.82) is 5.26 Å². The molecule has 1 atom stereocenters. The van der Waals surface area contributed by atoms with Crippen LogP contribution >= 0.6 is 11.6 Å². The SMILES string of the molecule is CCN(c1nn(-c2cccc(Cl)c2)nc1C#N)C1CCS(=O)(=O)C1. The topological polar surface area (TPSA) is 91.9 Å². The van der Waals surface area contributed by atoms with Gasteiger partial charge in [-0.05, 0) is 31.5 Å². The molecule has 0 bridgehead atoms. The van der Waals surface area contributed by atoms with Crippen LogP contribution in [-0.4, -0.2) is 47.5 Å². The average Bonchev–Trinajstić information content (AvgIpc) is 3.12. The lowest BCUT2D eigenvalue weighted by Crippen LogP contribution is -2.37.